The number of benzene rings is 3. The summed E-state index contributed by atoms with van der Waals surface area (Å²) in [7, 11) is 0. The van der Waals surface area contributed by atoms with Gasteiger partial charge < -0.3 is 10.4 Å². The number of hydrogen-bond donors (Lipinski definition) is 2. The summed E-state index contributed by atoms with van der Waals surface area (Å²) in [6.45, 7) is 2.00. The lowest BCUT2D eigenvalue weighted by Gasteiger charge is -2.41. The van der Waals surface area contributed by atoms with Gasteiger partial charge in [0.2, 0.25) is 5.91 Å². The molecule has 0 radical (unpaired) electrons. The Bertz CT molecular complexity index is 909. The quantitative estimate of drug-likeness (QED) is 0.725. The van der Waals surface area contributed by atoms with Crippen molar-refractivity contribution in [2.45, 2.75) is 25.9 Å². The second-order valence-electron chi connectivity index (χ2n) is 7.43. The van der Waals surface area contributed by atoms with Crippen molar-refractivity contribution in [3.63, 3.8) is 0 Å². The van der Waals surface area contributed by atoms with Gasteiger partial charge >= 0.3 is 0 Å². The molecule has 0 aromatic heterocycles. The van der Waals surface area contributed by atoms with Gasteiger partial charge in [0.25, 0.3) is 0 Å². The van der Waals surface area contributed by atoms with Crippen molar-refractivity contribution in [1.82, 2.24) is 0 Å². The Labute approximate surface area is 159 Å². The van der Waals surface area contributed by atoms with Gasteiger partial charge in [-0.25, -0.2) is 0 Å². The van der Waals surface area contributed by atoms with Crippen LogP contribution in [0.3, 0.4) is 0 Å². The summed E-state index contributed by atoms with van der Waals surface area (Å²) >= 11 is 0. The third kappa shape index (κ3) is 3.26. The Morgan fingerprint density at radius 2 is 1.44 bits per heavy atom. The first kappa shape index (κ1) is 17.5. The molecule has 0 saturated carbocycles. The number of carbonyl (C=O) groups excluding carboxylic acids is 1. The second kappa shape index (κ2) is 7.01. The van der Waals surface area contributed by atoms with Crippen LogP contribution in [0.25, 0.3) is 0 Å². The van der Waals surface area contributed by atoms with Gasteiger partial charge in [-0.05, 0) is 37.0 Å². The van der Waals surface area contributed by atoms with Gasteiger partial charge in [0.1, 0.15) is 0 Å². The summed E-state index contributed by atoms with van der Waals surface area (Å²) in [4.78, 5) is 13.3. The summed E-state index contributed by atoms with van der Waals surface area (Å²) in [6.07, 6.45) is 0.0771. The largest absolute Gasteiger partial charge is 0.387 e. The lowest BCUT2D eigenvalue weighted by molar-refractivity contribution is -0.134. The van der Waals surface area contributed by atoms with E-state index in [1.54, 1.807) is 0 Å². The number of aliphatic hydroxyl groups excluding tert-OH is 1. The molecule has 1 unspecified atom stereocenters. The van der Waals surface area contributed by atoms with Crippen molar-refractivity contribution in [3.05, 3.63) is 101 Å². The van der Waals surface area contributed by atoms with Crippen LogP contribution in [-0.4, -0.2) is 11.0 Å². The van der Waals surface area contributed by atoms with E-state index < -0.39 is 11.5 Å². The molecule has 3 nitrogen and oxygen atoms in total. The van der Waals surface area contributed by atoms with Gasteiger partial charge in [-0.2, -0.15) is 0 Å². The standard InChI is InChI=1S/C24H23NO2/c1-17-12-13-21-20(14-17)22(26)24(23(27)25-21,15-18-8-4-2-5-9-18)16-19-10-6-3-7-11-19/h2-14,22,26H,15-16H2,1H3,(H,25,27). The molecule has 3 aromatic rings. The molecule has 1 amide bonds. The molecule has 0 saturated heterocycles. The summed E-state index contributed by atoms with van der Waals surface area (Å²) in [6, 6.07) is 25.7. The first-order chi connectivity index (χ1) is 13.1. The fourth-order valence-electron chi connectivity index (χ4n) is 4.03. The number of aryl methyl sites for hydroxylation is 1. The van der Waals surface area contributed by atoms with Crippen molar-refractivity contribution in [3.8, 4) is 0 Å². The fraction of sp³-hybridized carbons (Fsp3) is 0.208. The highest BCUT2D eigenvalue weighted by Gasteiger charge is 2.49. The predicted molar refractivity (Wildman–Crippen MR) is 107 cm³/mol. The molecule has 136 valence electrons. The van der Waals surface area contributed by atoms with Crippen LogP contribution in [0.1, 0.15) is 28.4 Å². The van der Waals surface area contributed by atoms with E-state index in [4.69, 9.17) is 0 Å². The van der Waals surface area contributed by atoms with E-state index in [9.17, 15) is 9.90 Å². The van der Waals surface area contributed by atoms with Gasteiger partial charge in [0.05, 0.1) is 11.5 Å². The number of anilines is 1. The third-order valence-electron chi connectivity index (χ3n) is 5.45. The minimum absolute atomic E-state index is 0.126. The van der Waals surface area contributed by atoms with Crippen LogP contribution in [0, 0.1) is 12.3 Å². The molecule has 3 aromatic carbocycles. The van der Waals surface area contributed by atoms with E-state index >= 15 is 0 Å². The molecule has 1 aliphatic rings. The van der Waals surface area contributed by atoms with Crippen LogP contribution >= 0.6 is 0 Å². The molecule has 0 bridgehead atoms. The van der Waals surface area contributed by atoms with Crippen LogP contribution in [0.5, 0.6) is 0 Å². The first-order valence-electron chi connectivity index (χ1n) is 9.26. The lowest BCUT2D eigenvalue weighted by atomic mass is 9.67. The second-order valence-corrected chi connectivity index (χ2v) is 7.43. The van der Waals surface area contributed by atoms with Gasteiger partial charge in [-0.3, -0.25) is 4.79 Å². The maximum absolute atomic E-state index is 13.3. The highest BCUT2D eigenvalue weighted by Crippen LogP contribution is 2.47. The maximum Gasteiger partial charge on any atom is 0.234 e. The van der Waals surface area contributed by atoms with Gasteiger partial charge in [-0.1, -0.05) is 78.4 Å². The molecule has 0 aliphatic carbocycles. The average molecular weight is 357 g/mol. The molecule has 1 heterocycles. The molecule has 27 heavy (non-hydrogen) atoms. The molecular weight excluding hydrogens is 334 g/mol. The van der Waals surface area contributed by atoms with E-state index in [1.165, 1.54) is 0 Å². The number of aliphatic hydroxyl groups is 1. The summed E-state index contributed by atoms with van der Waals surface area (Å²) in [5.41, 5.74) is 3.69. The Hall–Kier alpha value is -2.91. The average Bonchev–Trinajstić information content (AvgIpc) is 2.69. The van der Waals surface area contributed by atoms with Crippen LogP contribution in [0.4, 0.5) is 5.69 Å². The maximum atomic E-state index is 13.3. The molecule has 2 N–H and O–H groups in total. The Morgan fingerprint density at radius 3 is 2.00 bits per heavy atom. The number of carbonyl (C=O) groups is 1. The number of amides is 1. The van der Waals surface area contributed by atoms with Crippen LogP contribution in [0.2, 0.25) is 0 Å². The zero-order chi connectivity index (χ0) is 18.9. The van der Waals surface area contributed by atoms with E-state index in [-0.39, 0.29) is 5.91 Å². The predicted octanol–water partition coefficient (Wildman–Crippen LogP) is 4.45. The summed E-state index contributed by atoms with van der Waals surface area (Å²) < 4.78 is 0. The molecule has 0 spiro atoms. The zero-order valence-corrected chi connectivity index (χ0v) is 15.4. The van der Waals surface area contributed by atoms with E-state index in [0.717, 1.165) is 22.3 Å². The van der Waals surface area contributed by atoms with Crippen molar-refractivity contribution < 1.29 is 9.90 Å². The Balaban J connectivity index is 1.82. The molecule has 1 atom stereocenters. The van der Waals surface area contributed by atoms with Crippen LogP contribution in [-0.2, 0) is 17.6 Å². The molecule has 4 rings (SSSR count). The molecule has 0 fully saturated rings. The SMILES string of the molecule is Cc1ccc2c(c1)C(O)C(Cc1ccccc1)(Cc1ccccc1)C(=O)N2. The van der Waals surface area contributed by atoms with E-state index in [0.29, 0.717) is 18.5 Å². The lowest BCUT2D eigenvalue weighted by Crippen LogP contribution is -2.48. The van der Waals surface area contributed by atoms with Crippen molar-refractivity contribution in [1.29, 1.82) is 0 Å². The monoisotopic (exact) mass is 357 g/mol. The Kier molecular flexibility index (Phi) is 4.54. The minimum Gasteiger partial charge on any atom is -0.387 e. The number of hydrogen-bond acceptors (Lipinski definition) is 2. The van der Waals surface area contributed by atoms with Crippen LogP contribution < -0.4 is 5.32 Å². The molecule has 1 aliphatic heterocycles. The van der Waals surface area contributed by atoms with Crippen molar-refractivity contribution >= 4 is 11.6 Å². The number of fused-ring (bicyclic) bond motifs is 1. The summed E-state index contributed by atoms with van der Waals surface area (Å²) in [5.74, 6) is -0.126. The molecule has 3 heteroatoms. The summed E-state index contributed by atoms with van der Waals surface area (Å²) in [5, 5.41) is 14.5. The highest BCUT2D eigenvalue weighted by atomic mass is 16.3. The van der Waals surface area contributed by atoms with Crippen molar-refractivity contribution in [2.24, 2.45) is 5.41 Å². The highest BCUT2D eigenvalue weighted by molar-refractivity contribution is 5.99. The number of nitrogens with one attached hydrogen (secondary N) is 1. The van der Waals surface area contributed by atoms with Gasteiger partial charge in [0, 0.05) is 11.3 Å². The van der Waals surface area contributed by atoms with E-state index in [2.05, 4.69) is 5.32 Å². The Morgan fingerprint density at radius 1 is 0.889 bits per heavy atom. The van der Waals surface area contributed by atoms with Crippen LogP contribution in [0.15, 0.2) is 78.9 Å². The smallest absolute Gasteiger partial charge is 0.234 e. The molecular formula is C24H23NO2. The van der Waals surface area contributed by atoms with Gasteiger partial charge in [0.15, 0.2) is 0 Å². The van der Waals surface area contributed by atoms with Crippen molar-refractivity contribution in [2.75, 3.05) is 5.32 Å². The van der Waals surface area contributed by atoms with Gasteiger partial charge in [-0.15, -0.1) is 0 Å². The van der Waals surface area contributed by atoms with E-state index in [1.807, 2.05) is 85.8 Å². The first-order valence-corrected chi connectivity index (χ1v) is 9.26. The minimum atomic E-state index is -0.955. The topological polar surface area (TPSA) is 49.3 Å². The number of rotatable bonds is 4. The third-order valence-corrected chi connectivity index (χ3v) is 5.45. The zero-order valence-electron chi connectivity index (χ0n) is 15.4. The fourth-order valence-corrected chi connectivity index (χ4v) is 4.03. The normalized spacial score (nSPS) is 17.9.